The van der Waals surface area contributed by atoms with Gasteiger partial charge in [-0.15, -0.1) is 0 Å². The molecular weight excluding hydrogens is 290 g/mol. The fourth-order valence-corrected chi connectivity index (χ4v) is 2.86. The summed E-state index contributed by atoms with van der Waals surface area (Å²) in [7, 11) is 0. The van der Waals surface area contributed by atoms with Crippen LogP contribution in [0, 0.1) is 6.92 Å². The van der Waals surface area contributed by atoms with Crippen LogP contribution in [0.5, 0.6) is 0 Å². The molecule has 0 saturated carbocycles. The number of rotatable bonds is 3. The van der Waals surface area contributed by atoms with Crippen LogP contribution in [0.25, 0.3) is 23.0 Å². The van der Waals surface area contributed by atoms with E-state index in [0.29, 0.717) is 17.8 Å². The molecule has 23 heavy (non-hydrogen) atoms. The molecular formula is C17H19N5O. The highest BCUT2D eigenvalue weighted by molar-refractivity contribution is 5.57. The molecule has 0 radical (unpaired) electrons. The number of nitrogens with one attached hydrogen (secondary N) is 1. The van der Waals surface area contributed by atoms with Crippen molar-refractivity contribution >= 4 is 0 Å². The van der Waals surface area contributed by atoms with E-state index in [9.17, 15) is 0 Å². The minimum atomic E-state index is 0.400. The van der Waals surface area contributed by atoms with Crippen LogP contribution in [0.3, 0.4) is 0 Å². The molecule has 6 nitrogen and oxygen atoms in total. The van der Waals surface area contributed by atoms with Gasteiger partial charge in [0.05, 0.1) is 6.04 Å². The Bertz CT molecular complexity index is 783. The first-order valence-corrected chi connectivity index (χ1v) is 7.96. The van der Waals surface area contributed by atoms with Crippen molar-refractivity contribution in [2.75, 3.05) is 13.1 Å². The molecule has 0 spiro atoms. The van der Waals surface area contributed by atoms with Crippen molar-refractivity contribution in [3.05, 3.63) is 42.1 Å². The van der Waals surface area contributed by atoms with Crippen LogP contribution in [-0.2, 0) is 0 Å². The second kappa shape index (κ2) is 5.96. The Labute approximate surface area is 134 Å². The van der Waals surface area contributed by atoms with E-state index < -0.39 is 0 Å². The summed E-state index contributed by atoms with van der Waals surface area (Å²) in [5, 5.41) is 12.1. The molecule has 1 unspecified atom stereocenters. The van der Waals surface area contributed by atoms with Crippen LogP contribution < -0.4 is 5.32 Å². The van der Waals surface area contributed by atoms with Gasteiger partial charge in [-0.25, -0.2) is 0 Å². The molecule has 1 aliphatic rings. The monoisotopic (exact) mass is 309 g/mol. The van der Waals surface area contributed by atoms with E-state index in [4.69, 9.17) is 4.52 Å². The number of benzene rings is 1. The zero-order valence-corrected chi connectivity index (χ0v) is 13.1. The third kappa shape index (κ3) is 2.90. The molecule has 0 aliphatic carbocycles. The van der Waals surface area contributed by atoms with Gasteiger partial charge in [0.15, 0.2) is 5.69 Å². The lowest BCUT2D eigenvalue weighted by Gasteiger charge is -2.22. The number of hydrogen-bond acceptors (Lipinski definition) is 5. The number of hydrogen-bond donors (Lipinski definition) is 1. The van der Waals surface area contributed by atoms with Crippen molar-refractivity contribution in [2.24, 2.45) is 0 Å². The fraction of sp³-hybridized carbons (Fsp3) is 0.353. The highest BCUT2D eigenvalue weighted by Crippen LogP contribution is 2.23. The summed E-state index contributed by atoms with van der Waals surface area (Å²) < 4.78 is 7.38. The zero-order valence-electron chi connectivity index (χ0n) is 13.1. The van der Waals surface area contributed by atoms with Gasteiger partial charge >= 0.3 is 0 Å². The van der Waals surface area contributed by atoms with Crippen LogP contribution in [0.4, 0.5) is 0 Å². The van der Waals surface area contributed by atoms with Gasteiger partial charge in [-0.2, -0.15) is 10.1 Å². The molecule has 2 aromatic heterocycles. The molecule has 1 atom stereocenters. The van der Waals surface area contributed by atoms with Crippen molar-refractivity contribution in [1.29, 1.82) is 0 Å². The van der Waals surface area contributed by atoms with Gasteiger partial charge in [0.2, 0.25) is 5.82 Å². The Balaban J connectivity index is 1.57. The maximum atomic E-state index is 5.38. The molecule has 3 aromatic rings. The standard InChI is InChI=1S/C17H19N5O/c1-12-4-6-13(7-5-12)16-19-17(23-21-16)15-8-10-22(20-15)14-3-2-9-18-11-14/h4-8,10,14,18H,2-3,9,11H2,1H3. The average molecular weight is 309 g/mol. The molecule has 118 valence electrons. The van der Waals surface area contributed by atoms with E-state index in [1.807, 2.05) is 41.2 Å². The van der Waals surface area contributed by atoms with Crippen molar-refractivity contribution in [3.63, 3.8) is 0 Å². The minimum Gasteiger partial charge on any atom is -0.332 e. The maximum absolute atomic E-state index is 5.38. The minimum absolute atomic E-state index is 0.400. The van der Waals surface area contributed by atoms with E-state index >= 15 is 0 Å². The van der Waals surface area contributed by atoms with E-state index in [1.165, 1.54) is 12.0 Å². The quantitative estimate of drug-likeness (QED) is 0.805. The SMILES string of the molecule is Cc1ccc(-c2noc(-c3ccn(C4CCCNC4)n3)n2)cc1. The van der Waals surface area contributed by atoms with Gasteiger partial charge < -0.3 is 9.84 Å². The summed E-state index contributed by atoms with van der Waals surface area (Å²) >= 11 is 0. The first kappa shape index (κ1) is 14.1. The van der Waals surface area contributed by atoms with E-state index in [1.54, 1.807) is 0 Å². The Kier molecular flexibility index (Phi) is 3.67. The molecule has 3 heterocycles. The fourth-order valence-electron chi connectivity index (χ4n) is 2.86. The maximum Gasteiger partial charge on any atom is 0.278 e. The van der Waals surface area contributed by atoms with Crippen LogP contribution in [-0.4, -0.2) is 33.0 Å². The summed E-state index contributed by atoms with van der Waals surface area (Å²) in [5.74, 6) is 1.05. The molecule has 0 bridgehead atoms. The predicted molar refractivity (Wildman–Crippen MR) is 86.8 cm³/mol. The van der Waals surface area contributed by atoms with E-state index in [-0.39, 0.29) is 0 Å². The van der Waals surface area contributed by atoms with Gasteiger partial charge in [0.25, 0.3) is 5.89 Å². The van der Waals surface area contributed by atoms with Gasteiger partial charge in [0, 0.05) is 18.3 Å². The van der Waals surface area contributed by atoms with E-state index in [2.05, 4.69) is 27.5 Å². The highest BCUT2D eigenvalue weighted by atomic mass is 16.5. The number of piperidine rings is 1. The molecule has 1 fully saturated rings. The van der Waals surface area contributed by atoms with Crippen LogP contribution in [0.2, 0.25) is 0 Å². The lowest BCUT2D eigenvalue weighted by Crippen LogP contribution is -2.31. The first-order valence-electron chi connectivity index (χ1n) is 7.96. The predicted octanol–water partition coefficient (Wildman–Crippen LogP) is 2.83. The second-order valence-corrected chi connectivity index (χ2v) is 5.97. The Morgan fingerprint density at radius 3 is 2.87 bits per heavy atom. The van der Waals surface area contributed by atoms with Gasteiger partial charge in [-0.3, -0.25) is 4.68 Å². The topological polar surface area (TPSA) is 68.8 Å². The zero-order chi connectivity index (χ0) is 15.6. The number of aryl methyl sites for hydroxylation is 1. The second-order valence-electron chi connectivity index (χ2n) is 5.97. The van der Waals surface area contributed by atoms with Gasteiger partial charge in [-0.05, 0) is 32.4 Å². The lowest BCUT2D eigenvalue weighted by molar-refractivity contribution is 0.346. The third-order valence-electron chi connectivity index (χ3n) is 4.21. The third-order valence-corrected chi connectivity index (χ3v) is 4.21. The van der Waals surface area contributed by atoms with Crippen LogP contribution in [0.15, 0.2) is 41.1 Å². The number of nitrogens with zero attached hydrogens (tertiary/aromatic N) is 4. The molecule has 1 aromatic carbocycles. The smallest absolute Gasteiger partial charge is 0.278 e. The Hall–Kier alpha value is -2.47. The van der Waals surface area contributed by atoms with E-state index in [0.717, 1.165) is 30.8 Å². The van der Waals surface area contributed by atoms with Crippen LogP contribution >= 0.6 is 0 Å². The molecule has 4 rings (SSSR count). The van der Waals surface area contributed by atoms with Gasteiger partial charge in [-0.1, -0.05) is 35.0 Å². The number of aromatic nitrogens is 4. The Morgan fingerprint density at radius 1 is 1.22 bits per heavy atom. The molecule has 6 heteroatoms. The summed E-state index contributed by atoms with van der Waals surface area (Å²) in [6, 6.07) is 10.4. The molecule has 1 saturated heterocycles. The van der Waals surface area contributed by atoms with Gasteiger partial charge in [0.1, 0.15) is 0 Å². The summed E-state index contributed by atoms with van der Waals surface area (Å²) in [5.41, 5.74) is 2.88. The average Bonchev–Trinajstić information content (AvgIpc) is 3.26. The highest BCUT2D eigenvalue weighted by Gasteiger charge is 2.18. The molecule has 1 aliphatic heterocycles. The Morgan fingerprint density at radius 2 is 2.09 bits per heavy atom. The van der Waals surface area contributed by atoms with Crippen molar-refractivity contribution in [2.45, 2.75) is 25.8 Å². The summed E-state index contributed by atoms with van der Waals surface area (Å²) in [6.45, 7) is 4.10. The van der Waals surface area contributed by atoms with Crippen LogP contribution in [0.1, 0.15) is 24.4 Å². The molecule has 1 N–H and O–H groups in total. The summed E-state index contributed by atoms with van der Waals surface area (Å²) in [4.78, 5) is 4.47. The summed E-state index contributed by atoms with van der Waals surface area (Å²) in [6.07, 6.45) is 4.31. The normalized spacial score (nSPS) is 18.2. The largest absolute Gasteiger partial charge is 0.332 e. The van der Waals surface area contributed by atoms with Crippen molar-refractivity contribution in [3.8, 4) is 23.0 Å². The first-order chi connectivity index (χ1) is 11.3. The van der Waals surface area contributed by atoms with Crippen molar-refractivity contribution in [1.82, 2.24) is 25.2 Å². The van der Waals surface area contributed by atoms with Crippen molar-refractivity contribution < 1.29 is 4.52 Å². The lowest BCUT2D eigenvalue weighted by atomic mass is 10.1. The molecule has 0 amide bonds.